The lowest BCUT2D eigenvalue weighted by molar-refractivity contribution is -0.123. The van der Waals surface area contributed by atoms with Crippen LogP contribution in [0, 0.1) is 0 Å². The highest BCUT2D eigenvalue weighted by Crippen LogP contribution is 2.19. The van der Waals surface area contributed by atoms with Crippen LogP contribution in [-0.4, -0.2) is 30.8 Å². The molecule has 1 amide bonds. The maximum Gasteiger partial charge on any atom is 0.277 e. The molecule has 0 radical (unpaired) electrons. The molecule has 0 spiro atoms. The minimum Gasteiger partial charge on any atom is -0.497 e. The molecule has 0 fully saturated rings. The molecular formula is C19H16ClN3O3. The van der Waals surface area contributed by atoms with E-state index in [4.69, 9.17) is 21.1 Å². The monoisotopic (exact) mass is 369 g/mol. The number of hydrogen-bond acceptors (Lipinski definition) is 5. The molecule has 0 bridgehead atoms. The van der Waals surface area contributed by atoms with Gasteiger partial charge in [0.05, 0.1) is 18.8 Å². The number of fused-ring (bicyclic) bond motifs is 1. The molecule has 0 unspecified atom stereocenters. The Bertz CT molecular complexity index is 942. The van der Waals surface area contributed by atoms with Gasteiger partial charge < -0.3 is 9.47 Å². The van der Waals surface area contributed by atoms with Gasteiger partial charge in [-0.1, -0.05) is 29.8 Å². The van der Waals surface area contributed by atoms with Gasteiger partial charge in [0.15, 0.2) is 6.61 Å². The molecule has 1 heterocycles. The zero-order valence-corrected chi connectivity index (χ0v) is 14.7. The van der Waals surface area contributed by atoms with E-state index in [0.29, 0.717) is 22.2 Å². The maximum absolute atomic E-state index is 11.8. The molecule has 3 aromatic rings. The fourth-order valence-corrected chi connectivity index (χ4v) is 2.42. The molecule has 0 saturated carbocycles. The molecule has 1 N–H and O–H groups in total. The van der Waals surface area contributed by atoms with Crippen LogP contribution in [0.25, 0.3) is 10.9 Å². The molecule has 1 aromatic heterocycles. The van der Waals surface area contributed by atoms with Crippen molar-refractivity contribution < 1.29 is 14.3 Å². The second kappa shape index (κ2) is 8.31. The largest absolute Gasteiger partial charge is 0.497 e. The van der Waals surface area contributed by atoms with E-state index in [0.717, 1.165) is 10.9 Å². The predicted molar refractivity (Wildman–Crippen MR) is 101 cm³/mol. The summed E-state index contributed by atoms with van der Waals surface area (Å²) in [5.41, 5.74) is 3.80. The quantitative estimate of drug-likeness (QED) is 0.410. The number of halogens is 1. The Morgan fingerprint density at radius 2 is 1.92 bits per heavy atom. The first-order chi connectivity index (χ1) is 12.7. The number of carbonyl (C=O) groups is 1. The van der Waals surface area contributed by atoms with Crippen molar-refractivity contribution in [2.24, 2.45) is 5.10 Å². The van der Waals surface area contributed by atoms with Gasteiger partial charge >= 0.3 is 0 Å². The van der Waals surface area contributed by atoms with Crippen molar-refractivity contribution in [1.82, 2.24) is 10.4 Å². The van der Waals surface area contributed by atoms with Crippen LogP contribution in [0.1, 0.15) is 5.56 Å². The van der Waals surface area contributed by atoms with Crippen LogP contribution in [0.4, 0.5) is 0 Å². The number of rotatable bonds is 6. The fourth-order valence-electron chi connectivity index (χ4n) is 2.23. The molecule has 0 saturated heterocycles. The molecule has 0 aliphatic heterocycles. The Balaban J connectivity index is 1.56. The highest BCUT2D eigenvalue weighted by atomic mass is 35.5. The summed E-state index contributed by atoms with van der Waals surface area (Å²) in [6.07, 6.45) is 1.45. The van der Waals surface area contributed by atoms with Gasteiger partial charge in [-0.2, -0.15) is 5.10 Å². The standard InChI is InChI=1S/C19H16ClN3O3/c1-25-15-6-8-16(9-7-15)26-12-18(24)23-21-11-14-10-13-4-2-3-5-17(13)22-19(14)20/h2-11H,12H2,1H3,(H,23,24)/b21-11+. The zero-order chi connectivity index (χ0) is 18.4. The van der Waals surface area contributed by atoms with Gasteiger partial charge in [-0.15, -0.1) is 0 Å². The SMILES string of the molecule is COc1ccc(OCC(=O)N/N=C/c2cc3ccccc3nc2Cl)cc1. The van der Waals surface area contributed by atoms with E-state index in [9.17, 15) is 4.79 Å². The number of benzene rings is 2. The van der Waals surface area contributed by atoms with Crippen LogP contribution < -0.4 is 14.9 Å². The number of hydrazone groups is 1. The minimum absolute atomic E-state index is 0.159. The Morgan fingerprint density at radius 3 is 2.69 bits per heavy atom. The number of aromatic nitrogens is 1. The van der Waals surface area contributed by atoms with Gasteiger partial charge in [0.2, 0.25) is 0 Å². The Hall–Kier alpha value is -3.12. The smallest absolute Gasteiger partial charge is 0.277 e. The van der Waals surface area contributed by atoms with Crippen LogP contribution in [0.3, 0.4) is 0 Å². The number of nitrogens with one attached hydrogen (secondary N) is 1. The zero-order valence-electron chi connectivity index (χ0n) is 14.0. The Morgan fingerprint density at radius 1 is 1.19 bits per heavy atom. The molecule has 0 atom stereocenters. The van der Waals surface area contributed by atoms with Gasteiger partial charge in [-0.3, -0.25) is 4.79 Å². The molecular weight excluding hydrogens is 354 g/mol. The van der Waals surface area contributed by atoms with Crippen molar-refractivity contribution in [3.8, 4) is 11.5 Å². The van der Waals surface area contributed by atoms with Crippen molar-refractivity contribution in [3.05, 3.63) is 65.3 Å². The molecule has 2 aromatic carbocycles. The number of methoxy groups -OCH3 is 1. The fraction of sp³-hybridized carbons (Fsp3) is 0.105. The van der Waals surface area contributed by atoms with Crippen molar-refractivity contribution in [2.75, 3.05) is 13.7 Å². The highest BCUT2D eigenvalue weighted by Gasteiger charge is 2.04. The van der Waals surface area contributed by atoms with E-state index in [-0.39, 0.29) is 12.5 Å². The lowest BCUT2D eigenvalue weighted by atomic mass is 10.2. The topological polar surface area (TPSA) is 72.8 Å². The van der Waals surface area contributed by atoms with Gasteiger partial charge in [-0.05, 0) is 36.4 Å². The van der Waals surface area contributed by atoms with E-state index >= 15 is 0 Å². The van der Waals surface area contributed by atoms with E-state index in [2.05, 4.69) is 15.5 Å². The molecule has 132 valence electrons. The van der Waals surface area contributed by atoms with Crippen LogP contribution in [0.2, 0.25) is 5.15 Å². The Kier molecular flexibility index (Phi) is 5.66. The molecule has 7 heteroatoms. The van der Waals surface area contributed by atoms with Crippen molar-refractivity contribution in [1.29, 1.82) is 0 Å². The van der Waals surface area contributed by atoms with Crippen LogP contribution in [-0.2, 0) is 4.79 Å². The van der Waals surface area contributed by atoms with E-state index in [1.165, 1.54) is 6.21 Å². The number of ether oxygens (including phenoxy) is 2. The van der Waals surface area contributed by atoms with Gasteiger partial charge in [0.25, 0.3) is 5.91 Å². The average molecular weight is 370 g/mol. The minimum atomic E-state index is -0.387. The normalized spacial score (nSPS) is 10.8. The first-order valence-electron chi connectivity index (χ1n) is 7.80. The third-order valence-corrected chi connectivity index (χ3v) is 3.83. The number of hydrogen-bond donors (Lipinski definition) is 1. The number of carbonyl (C=O) groups excluding carboxylic acids is 1. The summed E-state index contributed by atoms with van der Waals surface area (Å²) in [6, 6.07) is 16.4. The molecule has 26 heavy (non-hydrogen) atoms. The first-order valence-corrected chi connectivity index (χ1v) is 8.17. The summed E-state index contributed by atoms with van der Waals surface area (Å²) in [4.78, 5) is 16.1. The first kappa shape index (κ1) is 17.7. The van der Waals surface area contributed by atoms with Crippen molar-refractivity contribution in [3.63, 3.8) is 0 Å². The third-order valence-electron chi connectivity index (χ3n) is 3.53. The lowest BCUT2D eigenvalue weighted by Gasteiger charge is -2.06. The van der Waals surface area contributed by atoms with Gasteiger partial charge in [0.1, 0.15) is 16.7 Å². The average Bonchev–Trinajstić information content (AvgIpc) is 2.67. The number of para-hydroxylation sites is 1. The molecule has 3 rings (SSSR count). The molecule has 6 nitrogen and oxygen atoms in total. The second-order valence-corrected chi connectivity index (χ2v) is 5.68. The summed E-state index contributed by atoms with van der Waals surface area (Å²) in [6.45, 7) is -0.159. The second-order valence-electron chi connectivity index (χ2n) is 5.32. The number of amides is 1. The predicted octanol–water partition coefficient (Wildman–Crippen LogP) is 3.43. The van der Waals surface area contributed by atoms with Gasteiger partial charge in [0, 0.05) is 10.9 Å². The van der Waals surface area contributed by atoms with Crippen LogP contribution >= 0.6 is 11.6 Å². The summed E-state index contributed by atoms with van der Waals surface area (Å²) in [7, 11) is 1.58. The number of nitrogens with zero attached hydrogens (tertiary/aromatic N) is 2. The molecule has 0 aliphatic rings. The van der Waals surface area contributed by atoms with E-state index in [1.54, 1.807) is 31.4 Å². The van der Waals surface area contributed by atoms with E-state index < -0.39 is 0 Å². The highest BCUT2D eigenvalue weighted by molar-refractivity contribution is 6.32. The summed E-state index contributed by atoms with van der Waals surface area (Å²) >= 11 is 6.13. The van der Waals surface area contributed by atoms with Crippen LogP contribution in [0.15, 0.2) is 59.7 Å². The summed E-state index contributed by atoms with van der Waals surface area (Å²) < 4.78 is 10.4. The maximum atomic E-state index is 11.8. The van der Waals surface area contributed by atoms with Crippen LogP contribution in [0.5, 0.6) is 11.5 Å². The van der Waals surface area contributed by atoms with Crippen molar-refractivity contribution >= 4 is 34.6 Å². The van der Waals surface area contributed by atoms with Crippen molar-refractivity contribution in [2.45, 2.75) is 0 Å². The van der Waals surface area contributed by atoms with E-state index in [1.807, 2.05) is 30.3 Å². The summed E-state index contributed by atoms with van der Waals surface area (Å²) in [5, 5.41) is 5.15. The number of pyridine rings is 1. The molecule has 0 aliphatic carbocycles. The Labute approximate surface area is 155 Å². The third kappa shape index (κ3) is 4.49. The lowest BCUT2D eigenvalue weighted by Crippen LogP contribution is -2.24. The van der Waals surface area contributed by atoms with Gasteiger partial charge in [-0.25, -0.2) is 10.4 Å². The summed E-state index contributed by atoms with van der Waals surface area (Å²) in [5.74, 6) is 0.890.